The molecular weight excluding hydrogens is 252 g/mol. The molecule has 1 fully saturated rings. The van der Waals surface area contributed by atoms with Crippen LogP contribution >= 0.6 is 0 Å². The smallest absolute Gasteiger partial charge is 0.115 e. The fourth-order valence-corrected chi connectivity index (χ4v) is 2.80. The molecule has 1 atom stereocenters. The van der Waals surface area contributed by atoms with Gasteiger partial charge in [0.25, 0.3) is 0 Å². The van der Waals surface area contributed by atoms with Crippen LogP contribution in [0.1, 0.15) is 19.8 Å². The summed E-state index contributed by atoms with van der Waals surface area (Å²) in [6, 6.07) is 7.38. The standard InChI is InChI=1S/C16H26N2O2/c1-3-9-17-11-16(8-10-20-13-16)12-18(2)14-4-6-15(19)7-5-14/h4-7,17,19H,3,8-13H2,1-2H3. The van der Waals surface area contributed by atoms with Gasteiger partial charge in [-0.2, -0.15) is 0 Å². The Kier molecular flexibility index (Phi) is 5.26. The maximum atomic E-state index is 9.37. The quantitative estimate of drug-likeness (QED) is 0.751. The Balaban J connectivity index is 1.98. The van der Waals surface area contributed by atoms with E-state index >= 15 is 0 Å². The van der Waals surface area contributed by atoms with E-state index in [9.17, 15) is 5.11 Å². The third-order valence-corrected chi connectivity index (χ3v) is 3.97. The molecule has 1 aromatic carbocycles. The zero-order valence-corrected chi connectivity index (χ0v) is 12.6. The van der Waals surface area contributed by atoms with Gasteiger partial charge >= 0.3 is 0 Å². The van der Waals surface area contributed by atoms with E-state index in [4.69, 9.17) is 4.74 Å². The molecular formula is C16H26N2O2. The largest absolute Gasteiger partial charge is 0.508 e. The van der Waals surface area contributed by atoms with E-state index in [1.165, 1.54) is 0 Å². The summed E-state index contributed by atoms with van der Waals surface area (Å²) < 4.78 is 5.64. The number of anilines is 1. The van der Waals surface area contributed by atoms with Crippen molar-refractivity contribution in [2.75, 3.05) is 44.8 Å². The highest BCUT2D eigenvalue weighted by Crippen LogP contribution is 2.30. The third-order valence-electron chi connectivity index (χ3n) is 3.97. The molecule has 4 heteroatoms. The molecule has 0 radical (unpaired) electrons. The summed E-state index contributed by atoms with van der Waals surface area (Å²) in [6.45, 7) is 6.90. The Morgan fingerprint density at radius 2 is 2.10 bits per heavy atom. The molecule has 4 nitrogen and oxygen atoms in total. The molecule has 2 rings (SSSR count). The molecule has 1 aliphatic heterocycles. The van der Waals surface area contributed by atoms with E-state index < -0.39 is 0 Å². The Morgan fingerprint density at radius 3 is 2.70 bits per heavy atom. The minimum Gasteiger partial charge on any atom is -0.508 e. The van der Waals surface area contributed by atoms with E-state index in [-0.39, 0.29) is 5.41 Å². The van der Waals surface area contributed by atoms with Crippen LogP contribution in [0.15, 0.2) is 24.3 Å². The summed E-state index contributed by atoms with van der Waals surface area (Å²) >= 11 is 0. The van der Waals surface area contributed by atoms with Crippen LogP contribution in [0, 0.1) is 5.41 Å². The second-order valence-electron chi connectivity index (χ2n) is 5.85. The number of benzene rings is 1. The normalized spacial score (nSPS) is 22.1. The first-order chi connectivity index (χ1) is 9.65. The molecule has 0 aliphatic carbocycles. The lowest BCUT2D eigenvalue weighted by Crippen LogP contribution is -2.44. The topological polar surface area (TPSA) is 44.7 Å². The summed E-state index contributed by atoms with van der Waals surface area (Å²) in [5.41, 5.74) is 1.33. The SMILES string of the molecule is CCCNCC1(CN(C)c2ccc(O)cc2)CCOC1. The van der Waals surface area contributed by atoms with Crippen molar-refractivity contribution in [1.29, 1.82) is 0 Å². The van der Waals surface area contributed by atoms with Crippen LogP contribution in [0.5, 0.6) is 5.75 Å². The number of hydrogen-bond donors (Lipinski definition) is 2. The van der Waals surface area contributed by atoms with Gasteiger partial charge in [0, 0.05) is 37.8 Å². The summed E-state index contributed by atoms with van der Waals surface area (Å²) in [6.07, 6.45) is 2.26. The van der Waals surface area contributed by atoms with Gasteiger partial charge in [0.1, 0.15) is 5.75 Å². The van der Waals surface area contributed by atoms with Crippen molar-refractivity contribution in [3.8, 4) is 5.75 Å². The molecule has 0 aromatic heterocycles. The van der Waals surface area contributed by atoms with E-state index in [2.05, 4.69) is 24.2 Å². The lowest BCUT2D eigenvalue weighted by Gasteiger charge is -2.33. The average molecular weight is 278 g/mol. The number of rotatable bonds is 7. The molecule has 112 valence electrons. The minimum absolute atomic E-state index is 0.196. The van der Waals surface area contributed by atoms with E-state index in [1.54, 1.807) is 12.1 Å². The molecule has 20 heavy (non-hydrogen) atoms. The monoisotopic (exact) mass is 278 g/mol. The number of nitrogens with zero attached hydrogens (tertiary/aromatic N) is 1. The van der Waals surface area contributed by atoms with Gasteiger partial charge in [-0.25, -0.2) is 0 Å². The molecule has 0 bridgehead atoms. The van der Waals surface area contributed by atoms with E-state index in [0.29, 0.717) is 5.75 Å². The maximum absolute atomic E-state index is 9.37. The van der Waals surface area contributed by atoms with Gasteiger partial charge in [0.05, 0.1) is 6.61 Å². The van der Waals surface area contributed by atoms with Crippen LogP contribution in [-0.2, 0) is 4.74 Å². The first kappa shape index (κ1) is 15.1. The molecule has 1 unspecified atom stereocenters. The lowest BCUT2D eigenvalue weighted by molar-refractivity contribution is 0.152. The molecule has 0 amide bonds. The van der Waals surface area contributed by atoms with Crippen molar-refractivity contribution < 1.29 is 9.84 Å². The van der Waals surface area contributed by atoms with Crippen LogP contribution in [0.4, 0.5) is 5.69 Å². The molecule has 1 aromatic rings. The van der Waals surface area contributed by atoms with Gasteiger partial charge in [-0.1, -0.05) is 6.92 Å². The predicted octanol–water partition coefficient (Wildman–Crippen LogP) is 2.23. The van der Waals surface area contributed by atoms with Gasteiger partial charge in [-0.15, -0.1) is 0 Å². The first-order valence-corrected chi connectivity index (χ1v) is 7.44. The Bertz CT molecular complexity index is 399. The fraction of sp³-hybridized carbons (Fsp3) is 0.625. The number of aromatic hydroxyl groups is 1. The van der Waals surface area contributed by atoms with Crippen LogP contribution in [0.2, 0.25) is 0 Å². The van der Waals surface area contributed by atoms with Crippen LogP contribution in [-0.4, -0.2) is 45.0 Å². The number of nitrogens with one attached hydrogen (secondary N) is 1. The summed E-state index contributed by atoms with van der Waals surface area (Å²) in [5, 5.41) is 12.9. The zero-order valence-electron chi connectivity index (χ0n) is 12.6. The molecule has 1 saturated heterocycles. The molecule has 2 N–H and O–H groups in total. The minimum atomic E-state index is 0.196. The highest BCUT2D eigenvalue weighted by atomic mass is 16.5. The third kappa shape index (κ3) is 3.87. The summed E-state index contributed by atoms with van der Waals surface area (Å²) in [7, 11) is 2.10. The molecule has 0 saturated carbocycles. The fourth-order valence-electron chi connectivity index (χ4n) is 2.80. The van der Waals surface area contributed by atoms with Crippen molar-refractivity contribution in [3.05, 3.63) is 24.3 Å². The van der Waals surface area contributed by atoms with E-state index in [1.807, 2.05) is 12.1 Å². The number of hydrogen-bond acceptors (Lipinski definition) is 4. The maximum Gasteiger partial charge on any atom is 0.115 e. The second-order valence-corrected chi connectivity index (χ2v) is 5.85. The van der Waals surface area contributed by atoms with Crippen molar-refractivity contribution in [2.24, 2.45) is 5.41 Å². The molecule has 0 spiro atoms. The number of ether oxygens (including phenoxy) is 1. The van der Waals surface area contributed by atoms with Crippen molar-refractivity contribution in [3.63, 3.8) is 0 Å². The summed E-state index contributed by atoms with van der Waals surface area (Å²) in [4.78, 5) is 2.25. The highest BCUT2D eigenvalue weighted by Gasteiger charge is 2.35. The predicted molar refractivity (Wildman–Crippen MR) is 82.4 cm³/mol. The number of phenols is 1. The molecule has 1 heterocycles. The lowest BCUT2D eigenvalue weighted by atomic mass is 9.86. The van der Waals surface area contributed by atoms with Gasteiger partial charge in [0.15, 0.2) is 0 Å². The van der Waals surface area contributed by atoms with Crippen molar-refractivity contribution >= 4 is 5.69 Å². The average Bonchev–Trinajstić information content (AvgIpc) is 2.88. The Morgan fingerprint density at radius 1 is 1.35 bits per heavy atom. The van der Waals surface area contributed by atoms with Crippen molar-refractivity contribution in [2.45, 2.75) is 19.8 Å². The van der Waals surface area contributed by atoms with E-state index in [0.717, 1.165) is 51.4 Å². The van der Waals surface area contributed by atoms with Crippen LogP contribution < -0.4 is 10.2 Å². The number of phenolic OH excluding ortho intramolecular Hbond substituents is 1. The van der Waals surface area contributed by atoms with Gasteiger partial charge in [0.2, 0.25) is 0 Å². The van der Waals surface area contributed by atoms with Crippen molar-refractivity contribution in [1.82, 2.24) is 5.32 Å². The summed E-state index contributed by atoms with van der Waals surface area (Å²) in [5.74, 6) is 0.311. The zero-order chi connectivity index (χ0) is 14.4. The van der Waals surface area contributed by atoms with Gasteiger partial charge in [-0.05, 0) is 43.7 Å². The highest BCUT2D eigenvalue weighted by molar-refractivity contribution is 5.48. The second kappa shape index (κ2) is 6.95. The van der Waals surface area contributed by atoms with Crippen LogP contribution in [0.3, 0.4) is 0 Å². The van der Waals surface area contributed by atoms with Crippen LogP contribution in [0.25, 0.3) is 0 Å². The molecule has 1 aliphatic rings. The van der Waals surface area contributed by atoms with Gasteiger partial charge < -0.3 is 20.1 Å². The Hall–Kier alpha value is -1.26. The van der Waals surface area contributed by atoms with Gasteiger partial charge in [-0.3, -0.25) is 0 Å². The first-order valence-electron chi connectivity index (χ1n) is 7.44. The Labute approximate surface area is 121 Å².